The zero-order valence-electron chi connectivity index (χ0n) is 17.5. The first-order valence-electron chi connectivity index (χ1n) is 10.0. The molecule has 0 atom stereocenters. The van der Waals surface area contributed by atoms with Crippen molar-refractivity contribution in [2.24, 2.45) is 0 Å². The number of benzene rings is 3. The minimum Gasteiger partial charge on any atom is -0.478 e. The summed E-state index contributed by atoms with van der Waals surface area (Å²) in [5.74, 6) is -1.20. The molecule has 2 N–H and O–H groups in total. The van der Waals surface area contributed by atoms with Gasteiger partial charge in [-0.3, -0.25) is 10.1 Å². The van der Waals surface area contributed by atoms with Crippen LogP contribution in [0.1, 0.15) is 36.2 Å². The molecule has 0 bridgehead atoms. The molecule has 6 nitrogen and oxygen atoms in total. The number of carbonyl (C=O) groups is 1. The summed E-state index contributed by atoms with van der Waals surface area (Å²) in [6.07, 6.45) is 0.888. The van der Waals surface area contributed by atoms with Crippen molar-refractivity contribution >= 4 is 30.3 Å². The van der Waals surface area contributed by atoms with Crippen LogP contribution in [-0.2, 0) is 6.42 Å². The van der Waals surface area contributed by atoms with Crippen LogP contribution in [0.4, 0.5) is 5.69 Å². The maximum atomic E-state index is 12.2. The monoisotopic (exact) mass is 435 g/mol. The summed E-state index contributed by atoms with van der Waals surface area (Å²) in [6.45, 7) is 4.01. The van der Waals surface area contributed by atoms with E-state index in [2.05, 4.69) is 0 Å². The predicted molar refractivity (Wildman–Crippen MR) is 123 cm³/mol. The molecule has 0 aromatic heterocycles. The normalized spacial score (nSPS) is 11.8. The molecule has 0 aliphatic heterocycles. The van der Waals surface area contributed by atoms with Gasteiger partial charge in [0.15, 0.2) is 0 Å². The van der Waals surface area contributed by atoms with Crippen LogP contribution in [-0.4, -0.2) is 29.1 Å². The van der Waals surface area contributed by atoms with E-state index >= 15 is 0 Å². The molecule has 0 spiro atoms. The Balaban J connectivity index is 1.99. The lowest BCUT2D eigenvalue weighted by Gasteiger charge is -2.41. The molecule has 0 amide bonds. The Morgan fingerprint density at radius 1 is 0.968 bits per heavy atom. The van der Waals surface area contributed by atoms with Crippen LogP contribution in [0.25, 0.3) is 0 Å². The van der Waals surface area contributed by atoms with Gasteiger partial charge in [0.1, 0.15) is 0 Å². The van der Waals surface area contributed by atoms with Gasteiger partial charge in [0.05, 0.1) is 10.5 Å². The van der Waals surface area contributed by atoms with E-state index in [0.717, 1.165) is 16.4 Å². The molecule has 0 aliphatic rings. The zero-order chi connectivity index (χ0) is 22.6. The molecule has 0 saturated heterocycles. The molecule has 31 heavy (non-hydrogen) atoms. The molecule has 0 saturated carbocycles. The number of rotatable bonds is 8. The minimum atomic E-state index is -3.21. The Bertz CT molecular complexity index is 1040. The summed E-state index contributed by atoms with van der Waals surface area (Å²) < 4.78 is 0. The van der Waals surface area contributed by atoms with Gasteiger partial charge in [-0.2, -0.15) is 0 Å². The van der Waals surface area contributed by atoms with Crippen LogP contribution >= 0.6 is 0 Å². The number of nitro benzene ring substituents is 1. The summed E-state index contributed by atoms with van der Waals surface area (Å²) in [5, 5.41) is 21.8. The molecule has 0 heterocycles. The highest BCUT2D eigenvalue weighted by molar-refractivity contribution is 6.98. The van der Waals surface area contributed by atoms with Crippen molar-refractivity contribution in [2.75, 3.05) is 0 Å². The van der Waals surface area contributed by atoms with Gasteiger partial charge in [0.2, 0.25) is 0 Å². The summed E-state index contributed by atoms with van der Waals surface area (Å²) in [5.41, 5.74) is 0.193. The van der Waals surface area contributed by atoms with Crippen LogP contribution in [0.5, 0.6) is 0 Å². The molecule has 0 unspecified atom stereocenters. The molecular formula is C24H25NO5Si. The molecular weight excluding hydrogens is 410 g/mol. The number of hydrogen-bond donors (Lipinski definition) is 2. The maximum Gasteiger partial charge on any atom is 0.336 e. The molecule has 3 aromatic rings. The summed E-state index contributed by atoms with van der Waals surface area (Å²) in [4.78, 5) is 34.3. The first kappa shape index (κ1) is 22.4. The maximum absolute atomic E-state index is 12.2. The predicted octanol–water partition coefficient (Wildman–Crippen LogP) is 3.76. The molecule has 0 fully saturated rings. The number of aromatic carboxylic acids is 1. The number of hydrogen-bond acceptors (Lipinski definition) is 4. The van der Waals surface area contributed by atoms with Crippen LogP contribution in [0.2, 0.25) is 5.04 Å². The van der Waals surface area contributed by atoms with Crippen LogP contribution in [0.15, 0.2) is 78.9 Å². The highest BCUT2D eigenvalue weighted by Crippen LogP contribution is 2.40. The molecule has 3 rings (SSSR count). The number of non-ortho nitro benzene ring substituents is 1. The molecule has 0 aliphatic carbocycles. The van der Waals surface area contributed by atoms with Gasteiger partial charge in [-0.1, -0.05) is 80.6 Å². The van der Waals surface area contributed by atoms with Gasteiger partial charge in [-0.25, -0.2) is 4.79 Å². The quantitative estimate of drug-likeness (QED) is 0.319. The SMILES string of the molecule is CC(C)(CCc1ccc([N+](=O)[O-])cc1C(=O)O)[Si](O)(c1ccccc1)c1ccccc1. The van der Waals surface area contributed by atoms with E-state index in [0.29, 0.717) is 18.4 Å². The molecule has 7 heteroatoms. The number of nitro groups is 1. The third-order valence-corrected chi connectivity index (χ3v) is 10.5. The average Bonchev–Trinajstić information content (AvgIpc) is 2.78. The van der Waals surface area contributed by atoms with Crippen molar-refractivity contribution in [3.63, 3.8) is 0 Å². The van der Waals surface area contributed by atoms with Gasteiger partial charge >= 0.3 is 5.97 Å². The smallest absolute Gasteiger partial charge is 0.336 e. The largest absolute Gasteiger partial charge is 0.478 e. The second-order valence-corrected chi connectivity index (χ2v) is 12.2. The van der Waals surface area contributed by atoms with Crippen molar-refractivity contribution in [1.82, 2.24) is 0 Å². The molecule has 0 radical (unpaired) electrons. The third kappa shape index (κ3) is 4.42. The number of carboxylic acid groups (broad SMARTS) is 1. The fraction of sp³-hybridized carbons (Fsp3) is 0.208. The second kappa shape index (κ2) is 8.83. The van der Waals surface area contributed by atoms with Gasteiger partial charge in [0, 0.05) is 12.1 Å². The van der Waals surface area contributed by atoms with Crippen LogP contribution < -0.4 is 10.4 Å². The fourth-order valence-electron chi connectivity index (χ4n) is 4.03. The lowest BCUT2D eigenvalue weighted by Crippen LogP contribution is -2.65. The Morgan fingerprint density at radius 2 is 1.48 bits per heavy atom. The van der Waals surface area contributed by atoms with Gasteiger partial charge < -0.3 is 9.90 Å². The van der Waals surface area contributed by atoms with Crippen molar-refractivity contribution in [2.45, 2.75) is 31.7 Å². The Hall–Kier alpha value is -3.29. The lowest BCUT2D eigenvalue weighted by atomic mass is 9.97. The Kier molecular flexibility index (Phi) is 6.38. The van der Waals surface area contributed by atoms with Crippen LogP contribution in [0.3, 0.4) is 0 Å². The number of aryl methyl sites for hydroxylation is 1. The van der Waals surface area contributed by atoms with Crippen molar-refractivity contribution < 1.29 is 19.6 Å². The van der Waals surface area contributed by atoms with Crippen molar-refractivity contribution in [3.8, 4) is 0 Å². The number of carboxylic acids is 1. The van der Waals surface area contributed by atoms with Gasteiger partial charge in [-0.15, -0.1) is 0 Å². The fourth-order valence-corrected chi connectivity index (χ4v) is 7.76. The average molecular weight is 436 g/mol. The first-order chi connectivity index (χ1) is 14.7. The highest BCUT2D eigenvalue weighted by atomic mass is 28.4. The second-order valence-electron chi connectivity index (χ2n) is 8.23. The van der Waals surface area contributed by atoms with E-state index in [1.807, 2.05) is 74.5 Å². The first-order valence-corrected chi connectivity index (χ1v) is 12.0. The number of nitrogens with zero attached hydrogens (tertiary/aromatic N) is 1. The topological polar surface area (TPSA) is 101 Å². The minimum absolute atomic E-state index is 0.0744. The van der Waals surface area contributed by atoms with E-state index < -0.39 is 24.2 Å². The van der Waals surface area contributed by atoms with E-state index in [1.165, 1.54) is 12.1 Å². The van der Waals surface area contributed by atoms with E-state index in [4.69, 9.17) is 0 Å². The molecule has 160 valence electrons. The van der Waals surface area contributed by atoms with Crippen molar-refractivity contribution in [3.05, 3.63) is 100 Å². The summed E-state index contributed by atoms with van der Waals surface area (Å²) in [6, 6.07) is 23.1. The van der Waals surface area contributed by atoms with E-state index in [1.54, 1.807) is 0 Å². The van der Waals surface area contributed by atoms with Crippen LogP contribution in [0, 0.1) is 10.1 Å². The Labute approximate surface area is 182 Å². The van der Waals surface area contributed by atoms with Gasteiger partial charge in [-0.05, 0) is 33.8 Å². The standard InChI is InChI=1S/C24H25NO5Si/c1-24(2,16-15-18-13-14-19(25(28)29)17-22(18)23(26)27)31(30,20-9-5-3-6-10-20)21-11-7-4-8-12-21/h3-14,17,30H,15-16H2,1-2H3,(H,26,27). The van der Waals surface area contributed by atoms with E-state index in [-0.39, 0.29) is 11.3 Å². The lowest BCUT2D eigenvalue weighted by molar-refractivity contribution is -0.384. The zero-order valence-corrected chi connectivity index (χ0v) is 18.5. The summed E-state index contributed by atoms with van der Waals surface area (Å²) in [7, 11) is -3.21. The van der Waals surface area contributed by atoms with E-state index in [9.17, 15) is 24.8 Å². The third-order valence-electron chi connectivity index (χ3n) is 5.92. The van der Waals surface area contributed by atoms with Crippen molar-refractivity contribution in [1.29, 1.82) is 0 Å². The van der Waals surface area contributed by atoms with Gasteiger partial charge in [0.25, 0.3) is 14.0 Å². The molecule has 3 aromatic carbocycles. The summed E-state index contributed by atoms with van der Waals surface area (Å²) >= 11 is 0. The Morgan fingerprint density at radius 3 is 1.94 bits per heavy atom. The highest BCUT2D eigenvalue weighted by Gasteiger charge is 2.49.